The van der Waals surface area contributed by atoms with Crippen LogP contribution in [0.4, 0.5) is 0 Å². The highest BCUT2D eigenvalue weighted by atomic mass is 35.5. The molecule has 14 heteroatoms. The highest BCUT2D eigenvalue weighted by Gasteiger charge is 2.26. The molecule has 3 aliphatic rings. The van der Waals surface area contributed by atoms with Crippen molar-refractivity contribution in [2.45, 2.75) is 17.2 Å². The van der Waals surface area contributed by atoms with Crippen LogP contribution in [0.3, 0.4) is 0 Å². The van der Waals surface area contributed by atoms with Gasteiger partial charge in [0, 0.05) is 31.6 Å². The van der Waals surface area contributed by atoms with E-state index in [0.717, 1.165) is 26.1 Å². The van der Waals surface area contributed by atoms with E-state index in [1.165, 1.54) is 23.5 Å². The summed E-state index contributed by atoms with van der Waals surface area (Å²) in [5.41, 5.74) is 5.73. The number of carbonyl (C=O) groups is 2. The number of primary amides is 1. The van der Waals surface area contributed by atoms with E-state index < -0.39 is 5.91 Å². The number of halogens is 2. The van der Waals surface area contributed by atoms with Crippen LogP contribution in [-0.4, -0.2) is 76.2 Å². The van der Waals surface area contributed by atoms with Gasteiger partial charge in [-0.1, -0.05) is 52.3 Å². The van der Waals surface area contributed by atoms with E-state index in [1.807, 2.05) is 17.6 Å². The van der Waals surface area contributed by atoms with Crippen LogP contribution in [0.2, 0.25) is 0 Å². The van der Waals surface area contributed by atoms with Gasteiger partial charge in [0.15, 0.2) is 0 Å². The topological polar surface area (TPSA) is 136 Å². The maximum atomic E-state index is 12.3. The number of morpholine rings is 1. The lowest BCUT2D eigenvalue weighted by molar-refractivity contribution is -0.119. The Kier molecular flexibility index (Phi) is 8.83. The Bertz CT molecular complexity index is 1020. The molecule has 0 radical (unpaired) electrons. The molecule has 0 aromatic carbocycles. The Balaban J connectivity index is 1.14. The highest BCUT2D eigenvalue weighted by molar-refractivity contribution is 8.18. The highest BCUT2D eigenvalue weighted by Crippen LogP contribution is 2.32. The predicted octanol–water partition coefficient (Wildman–Crippen LogP) is 1.90. The molecule has 3 atom stereocenters. The molecule has 1 aliphatic carbocycles. The molecule has 34 heavy (non-hydrogen) atoms. The van der Waals surface area contributed by atoms with Gasteiger partial charge in [-0.3, -0.25) is 14.5 Å². The molecule has 1 aromatic heterocycles. The normalized spacial score (nSPS) is 25.2. The number of thioether (sulfide) groups is 2. The fourth-order valence-corrected chi connectivity index (χ4v) is 5.96. The van der Waals surface area contributed by atoms with E-state index in [1.54, 1.807) is 0 Å². The molecule has 4 N–H and O–H groups in total. The van der Waals surface area contributed by atoms with Crippen LogP contribution in [0.15, 0.2) is 32.1 Å². The minimum absolute atomic E-state index is 0.0604. The Labute approximate surface area is 215 Å². The van der Waals surface area contributed by atoms with Crippen molar-refractivity contribution >= 4 is 64.2 Å². The van der Waals surface area contributed by atoms with Crippen molar-refractivity contribution in [3.63, 3.8) is 0 Å². The number of nitrogens with two attached hydrogens (primary N) is 1. The zero-order valence-electron chi connectivity index (χ0n) is 18.0. The quantitative estimate of drug-likeness (QED) is 0.421. The molecule has 0 spiro atoms. The maximum absolute atomic E-state index is 12.3. The van der Waals surface area contributed by atoms with Crippen molar-refractivity contribution in [1.29, 1.82) is 0 Å². The summed E-state index contributed by atoms with van der Waals surface area (Å²) >= 11 is 15.1. The van der Waals surface area contributed by atoms with E-state index >= 15 is 0 Å². The Morgan fingerprint density at radius 2 is 2.24 bits per heavy atom. The van der Waals surface area contributed by atoms with Crippen LogP contribution in [0.1, 0.15) is 22.9 Å². The van der Waals surface area contributed by atoms with Crippen LogP contribution >= 0.6 is 46.7 Å². The van der Waals surface area contributed by atoms with Crippen molar-refractivity contribution in [1.82, 2.24) is 25.7 Å². The largest absolute Gasteiger partial charge is 0.374 e. The van der Waals surface area contributed by atoms with Crippen LogP contribution in [-0.2, 0) is 9.53 Å². The fourth-order valence-electron chi connectivity index (χ4n) is 3.62. The standard InChI is InChI=1S/C20H24Cl2N6O4S2/c21-13-2-1-11(5-14(13)22)7-28-3-4-31-12(8-28)6-24-16(29)10-34-20-25-15(9-33-20)18-26-19(17(23)30)32-27-18/h2,5,9,11-12,20,25H,1,3-4,6-8,10H2,(H2,23,30)(H,24,29)/t11?,12-,20?/m0/s1. The zero-order chi connectivity index (χ0) is 24.1. The maximum Gasteiger partial charge on any atom is 0.316 e. The van der Waals surface area contributed by atoms with Crippen LogP contribution in [0, 0.1) is 5.92 Å². The number of amides is 2. The second-order valence-electron chi connectivity index (χ2n) is 7.86. The third-order valence-corrected chi connectivity index (χ3v) is 8.39. The van der Waals surface area contributed by atoms with Gasteiger partial charge in [-0.05, 0) is 12.3 Å². The van der Waals surface area contributed by atoms with Gasteiger partial charge in [0.05, 0.1) is 34.2 Å². The third-order valence-electron chi connectivity index (χ3n) is 5.28. The van der Waals surface area contributed by atoms with Crippen molar-refractivity contribution in [2.75, 3.05) is 38.5 Å². The fraction of sp³-hybridized carbons (Fsp3) is 0.500. The van der Waals surface area contributed by atoms with Gasteiger partial charge >= 0.3 is 11.8 Å². The van der Waals surface area contributed by atoms with Crippen LogP contribution < -0.4 is 16.4 Å². The summed E-state index contributed by atoms with van der Waals surface area (Å²) < 4.78 is 10.5. The third kappa shape index (κ3) is 6.92. The monoisotopic (exact) mass is 546 g/mol. The van der Waals surface area contributed by atoms with Crippen molar-refractivity contribution in [2.24, 2.45) is 11.7 Å². The second-order valence-corrected chi connectivity index (χ2v) is 11.0. The van der Waals surface area contributed by atoms with E-state index in [9.17, 15) is 9.59 Å². The Hall–Kier alpha value is -1.70. The molecule has 2 amide bonds. The van der Waals surface area contributed by atoms with Crippen LogP contribution in [0.5, 0.6) is 0 Å². The number of aromatic nitrogens is 2. The van der Waals surface area contributed by atoms with Crippen molar-refractivity contribution in [3.05, 3.63) is 39.3 Å². The molecule has 1 fully saturated rings. The number of hydrogen-bond acceptors (Lipinski definition) is 10. The molecular formula is C20H24Cl2N6O4S2. The smallest absolute Gasteiger partial charge is 0.316 e. The number of hydrogen-bond donors (Lipinski definition) is 3. The van der Waals surface area contributed by atoms with E-state index in [0.29, 0.717) is 34.8 Å². The molecule has 4 rings (SSSR count). The molecular weight excluding hydrogens is 523 g/mol. The molecule has 0 saturated carbocycles. The van der Waals surface area contributed by atoms with E-state index in [2.05, 4.69) is 25.7 Å². The van der Waals surface area contributed by atoms with Crippen molar-refractivity contribution in [3.8, 4) is 0 Å². The SMILES string of the molecule is NC(=O)c1nc(C2=CSC(SCC(=O)NC[C@H]3CN(CC4C=C(Cl)C(Cl)=CC4)CCO3)N2)no1. The summed E-state index contributed by atoms with van der Waals surface area (Å²) in [6.07, 6.45) is 4.78. The zero-order valence-corrected chi connectivity index (χ0v) is 21.2. The molecule has 184 valence electrons. The van der Waals surface area contributed by atoms with Gasteiger partial charge in [0.1, 0.15) is 4.71 Å². The van der Waals surface area contributed by atoms with Gasteiger partial charge in [-0.25, -0.2) is 0 Å². The molecule has 1 saturated heterocycles. The average molecular weight is 547 g/mol. The number of rotatable bonds is 9. The summed E-state index contributed by atoms with van der Waals surface area (Å²) in [5.74, 6) is -0.252. The first-order valence-corrected chi connectivity index (χ1v) is 13.3. The second kappa shape index (κ2) is 11.8. The lowest BCUT2D eigenvalue weighted by atomic mass is 9.99. The Morgan fingerprint density at radius 1 is 1.38 bits per heavy atom. The van der Waals surface area contributed by atoms with Crippen molar-refractivity contribution < 1.29 is 18.8 Å². The van der Waals surface area contributed by atoms with Gasteiger partial charge in [0.25, 0.3) is 0 Å². The first-order valence-electron chi connectivity index (χ1n) is 10.6. The lowest BCUT2D eigenvalue weighted by Crippen LogP contribution is -2.48. The summed E-state index contributed by atoms with van der Waals surface area (Å²) in [7, 11) is 0. The molecule has 10 nitrogen and oxygen atoms in total. The molecule has 0 bridgehead atoms. The van der Waals surface area contributed by atoms with Crippen LogP contribution in [0.25, 0.3) is 5.70 Å². The van der Waals surface area contributed by atoms with Gasteiger partial charge < -0.3 is 25.6 Å². The average Bonchev–Trinajstić information content (AvgIpc) is 3.49. The number of nitrogens with one attached hydrogen (secondary N) is 2. The number of ether oxygens (including phenoxy) is 1. The molecule has 1 aromatic rings. The summed E-state index contributed by atoms with van der Waals surface area (Å²) in [4.78, 5) is 29.7. The lowest BCUT2D eigenvalue weighted by Gasteiger charge is -2.35. The number of carbonyl (C=O) groups excluding carboxylic acids is 2. The summed E-state index contributed by atoms with van der Waals surface area (Å²) in [6, 6.07) is 0. The van der Waals surface area contributed by atoms with Gasteiger partial charge in [-0.15, -0.1) is 11.8 Å². The van der Waals surface area contributed by atoms with E-state index in [4.69, 9.17) is 38.2 Å². The Morgan fingerprint density at radius 3 is 3.00 bits per heavy atom. The van der Waals surface area contributed by atoms with Gasteiger partial charge in [0.2, 0.25) is 11.7 Å². The molecule has 2 unspecified atom stereocenters. The van der Waals surface area contributed by atoms with E-state index in [-0.39, 0.29) is 34.2 Å². The predicted molar refractivity (Wildman–Crippen MR) is 133 cm³/mol. The summed E-state index contributed by atoms with van der Waals surface area (Å²) in [6.45, 7) is 3.55. The number of nitrogens with zero attached hydrogens (tertiary/aromatic N) is 3. The number of allylic oxidation sites excluding steroid dienone is 3. The molecule has 3 heterocycles. The first kappa shape index (κ1) is 25.4. The first-order chi connectivity index (χ1) is 16.4. The summed E-state index contributed by atoms with van der Waals surface area (Å²) in [5, 5.41) is 12.9. The van der Waals surface area contributed by atoms with Gasteiger partial charge in [-0.2, -0.15) is 4.98 Å². The molecule has 2 aliphatic heterocycles. The minimum atomic E-state index is -0.782. The minimum Gasteiger partial charge on any atom is -0.374 e.